The van der Waals surface area contributed by atoms with Gasteiger partial charge in [-0.2, -0.15) is 0 Å². The summed E-state index contributed by atoms with van der Waals surface area (Å²) in [4.78, 5) is 11.5. The molecule has 0 spiro atoms. The summed E-state index contributed by atoms with van der Waals surface area (Å²) < 4.78 is 50.6. The molecule has 0 aliphatic carbocycles. The van der Waals surface area contributed by atoms with Crippen molar-refractivity contribution in [2.24, 2.45) is 0 Å². The minimum atomic E-state index is -4.21. The Hall–Kier alpha value is -2.61. The quantitative estimate of drug-likeness (QED) is 0.720. The van der Waals surface area contributed by atoms with Crippen molar-refractivity contribution in [2.45, 2.75) is 18.7 Å². The fourth-order valence-electron chi connectivity index (χ4n) is 2.42. The number of methoxy groups -OCH3 is 2. The van der Waals surface area contributed by atoms with Crippen LogP contribution in [-0.4, -0.2) is 35.2 Å². The summed E-state index contributed by atoms with van der Waals surface area (Å²) in [7, 11) is -1.76. The lowest BCUT2D eigenvalue weighted by Gasteiger charge is -2.25. The molecule has 0 amide bonds. The highest BCUT2D eigenvalue weighted by molar-refractivity contribution is 7.92. The molecular formula is C18H20FNO5S. The minimum absolute atomic E-state index is 0.0739. The van der Waals surface area contributed by atoms with Gasteiger partial charge in [0.05, 0.1) is 24.8 Å². The number of halogens is 1. The molecule has 26 heavy (non-hydrogen) atoms. The summed E-state index contributed by atoms with van der Waals surface area (Å²) in [5, 5.41) is 0. The minimum Gasteiger partial charge on any atom is -0.494 e. The topological polar surface area (TPSA) is 72.9 Å². The zero-order valence-corrected chi connectivity index (χ0v) is 15.8. The third-order valence-electron chi connectivity index (χ3n) is 4.06. The van der Waals surface area contributed by atoms with Crippen LogP contribution in [0.1, 0.15) is 11.1 Å². The Labute approximate surface area is 152 Å². The van der Waals surface area contributed by atoms with E-state index in [4.69, 9.17) is 4.74 Å². The van der Waals surface area contributed by atoms with Crippen molar-refractivity contribution in [1.82, 2.24) is 0 Å². The van der Waals surface area contributed by atoms with Crippen molar-refractivity contribution in [3.05, 3.63) is 53.3 Å². The number of anilines is 1. The van der Waals surface area contributed by atoms with E-state index in [2.05, 4.69) is 4.74 Å². The number of rotatable bonds is 6. The summed E-state index contributed by atoms with van der Waals surface area (Å²) >= 11 is 0. The van der Waals surface area contributed by atoms with Gasteiger partial charge in [-0.1, -0.05) is 12.1 Å². The molecule has 2 aromatic carbocycles. The number of benzene rings is 2. The third kappa shape index (κ3) is 3.80. The van der Waals surface area contributed by atoms with E-state index in [1.54, 1.807) is 19.1 Å². The number of hydrogen-bond donors (Lipinski definition) is 0. The molecule has 140 valence electrons. The average Bonchev–Trinajstić information content (AvgIpc) is 2.61. The molecule has 0 aromatic heterocycles. The highest BCUT2D eigenvalue weighted by Gasteiger charge is 2.29. The van der Waals surface area contributed by atoms with Crippen LogP contribution in [0.25, 0.3) is 0 Å². The summed E-state index contributed by atoms with van der Waals surface area (Å²) in [6.07, 6.45) is 0. The zero-order chi connectivity index (χ0) is 19.5. The van der Waals surface area contributed by atoms with Crippen molar-refractivity contribution in [1.29, 1.82) is 0 Å². The lowest BCUT2D eigenvalue weighted by atomic mass is 10.1. The van der Waals surface area contributed by atoms with E-state index in [1.807, 2.05) is 13.0 Å². The third-order valence-corrected chi connectivity index (χ3v) is 5.81. The lowest BCUT2D eigenvalue weighted by molar-refractivity contribution is -0.138. The van der Waals surface area contributed by atoms with Crippen molar-refractivity contribution in [3.63, 3.8) is 0 Å². The molecule has 2 aromatic rings. The molecule has 0 heterocycles. The molecular weight excluding hydrogens is 361 g/mol. The Morgan fingerprint density at radius 2 is 1.85 bits per heavy atom. The number of carbonyl (C=O) groups is 1. The Morgan fingerprint density at radius 1 is 1.15 bits per heavy atom. The molecule has 0 aliphatic heterocycles. The standard InChI is InChI=1S/C18H20FNO5S/c1-12-6-5-7-16(13(12)2)20(11-18(21)25-4)26(22,23)14-8-9-17(24-3)15(19)10-14/h5-10H,11H2,1-4H3. The molecule has 0 atom stereocenters. The number of ether oxygens (including phenoxy) is 2. The normalized spacial score (nSPS) is 11.1. The first-order valence-electron chi connectivity index (χ1n) is 7.71. The molecule has 0 N–H and O–H groups in total. The zero-order valence-electron chi connectivity index (χ0n) is 14.9. The van der Waals surface area contributed by atoms with Gasteiger partial charge in [-0.05, 0) is 49.2 Å². The van der Waals surface area contributed by atoms with Gasteiger partial charge in [-0.15, -0.1) is 0 Å². The second-order valence-electron chi connectivity index (χ2n) is 5.60. The van der Waals surface area contributed by atoms with Crippen LogP contribution in [0.15, 0.2) is 41.3 Å². The summed E-state index contributed by atoms with van der Waals surface area (Å²) in [5.41, 5.74) is 1.87. The van der Waals surface area contributed by atoms with Crippen LogP contribution in [0.5, 0.6) is 5.75 Å². The van der Waals surface area contributed by atoms with Gasteiger partial charge in [0, 0.05) is 0 Å². The Kier molecular flexibility index (Phi) is 5.86. The lowest BCUT2D eigenvalue weighted by Crippen LogP contribution is -2.37. The Balaban J connectivity index is 2.62. The first-order valence-corrected chi connectivity index (χ1v) is 9.15. The van der Waals surface area contributed by atoms with Crippen LogP contribution in [-0.2, 0) is 19.6 Å². The van der Waals surface area contributed by atoms with Gasteiger partial charge in [-0.3, -0.25) is 9.10 Å². The van der Waals surface area contributed by atoms with Crippen LogP contribution in [0.4, 0.5) is 10.1 Å². The SMILES string of the molecule is COC(=O)CN(c1cccc(C)c1C)S(=O)(=O)c1ccc(OC)c(F)c1. The van der Waals surface area contributed by atoms with Gasteiger partial charge in [0.15, 0.2) is 11.6 Å². The molecule has 0 saturated carbocycles. The first kappa shape index (κ1) is 19.7. The van der Waals surface area contributed by atoms with E-state index < -0.39 is 28.4 Å². The number of esters is 1. The smallest absolute Gasteiger partial charge is 0.326 e. The van der Waals surface area contributed by atoms with E-state index in [0.29, 0.717) is 11.3 Å². The van der Waals surface area contributed by atoms with Gasteiger partial charge < -0.3 is 9.47 Å². The van der Waals surface area contributed by atoms with Gasteiger partial charge in [0.1, 0.15) is 6.54 Å². The number of carbonyl (C=O) groups excluding carboxylic acids is 1. The summed E-state index contributed by atoms with van der Waals surface area (Å²) in [6.45, 7) is 3.05. The van der Waals surface area contributed by atoms with Crippen LogP contribution in [0.3, 0.4) is 0 Å². The molecule has 6 nitrogen and oxygen atoms in total. The van der Waals surface area contributed by atoms with Crippen molar-refractivity contribution >= 4 is 21.7 Å². The highest BCUT2D eigenvalue weighted by atomic mass is 32.2. The summed E-state index contributed by atoms with van der Waals surface area (Å²) in [6, 6.07) is 8.42. The molecule has 0 fully saturated rings. The van der Waals surface area contributed by atoms with E-state index in [1.165, 1.54) is 26.4 Å². The predicted octanol–water partition coefficient (Wildman–Crippen LogP) is 2.82. The highest BCUT2D eigenvalue weighted by Crippen LogP contribution is 2.30. The van der Waals surface area contributed by atoms with Crippen LogP contribution < -0.4 is 9.04 Å². The Bertz CT molecular complexity index is 927. The molecule has 0 radical (unpaired) electrons. The molecule has 0 saturated heterocycles. The molecule has 0 unspecified atom stereocenters. The van der Waals surface area contributed by atoms with E-state index >= 15 is 0 Å². The maximum absolute atomic E-state index is 14.0. The van der Waals surface area contributed by atoms with Crippen molar-refractivity contribution in [3.8, 4) is 5.75 Å². The van der Waals surface area contributed by atoms with Gasteiger partial charge in [0.2, 0.25) is 0 Å². The van der Waals surface area contributed by atoms with E-state index in [-0.39, 0.29) is 10.6 Å². The molecule has 2 rings (SSSR count). The maximum atomic E-state index is 14.0. The molecule has 0 bridgehead atoms. The van der Waals surface area contributed by atoms with Crippen molar-refractivity contribution in [2.75, 3.05) is 25.1 Å². The second-order valence-corrected chi connectivity index (χ2v) is 7.47. The monoisotopic (exact) mass is 381 g/mol. The second kappa shape index (κ2) is 7.74. The number of aryl methyl sites for hydroxylation is 1. The number of sulfonamides is 1. The summed E-state index contributed by atoms with van der Waals surface area (Å²) in [5.74, 6) is -1.62. The number of hydrogen-bond acceptors (Lipinski definition) is 5. The maximum Gasteiger partial charge on any atom is 0.326 e. The van der Waals surface area contributed by atoms with E-state index in [0.717, 1.165) is 15.9 Å². The van der Waals surface area contributed by atoms with Crippen LogP contribution in [0.2, 0.25) is 0 Å². The Morgan fingerprint density at radius 3 is 2.42 bits per heavy atom. The van der Waals surface area contributed by atoms with E-state index in [9.17, 15) is 17.6 Å². The van der Waals surface area contributed by atoms with Gasteiger partial charge >= 0.3 is 5.97 Å². The molecule has 0 aliphatic rings. The predicted molar refractivity (Wildman–Crippen MR) is 95.4 cm³/mol. The fourth-order valence-corrected chi connectivity index (χ4v) is 3.90. The first-order chi connectivity index (χ1) is 12.2. The fraction of sp³-hybridized carbons (Fsp3) is 0.278. The average molecular weight is 381 g/mol. The van der Waals surface area contributed by atoms with Crippen molar-refractivity contribution < 1.29 is 27.1 Å². The largest absolute Gasteiger partial charge is 0.494 e. The molecule has 8 heteroatoms. The van der Waals surface area contributed by atoms with Crippen LogP contribution >= 0.6 is 0 Å². The van der Waals surface area contributed by atoms with Crippen LogP contribution in [0, 0.1) is 19.7 Å². The van der Waals surface area contributed by atoms with Gasteiger partial charge in [-0.25, -0.2) is 12.8 Å². The van der Waals surface area contributed by atoms with Gasteiger partial charge in [0.25, 0.3) is 10.0 Å². The number of nitrogens with zero attached hydrogens (tertiary/aromatic N) is 1.